The van der Waals surface area contributed by atoms with Gasteiger partial charge in [-0.1, -0.05) is 38.1 Å². The van der Waals surface area contributed by atoms with Crippen molar-refractivity contribution >= 4 is 11.2 Å². The Morgan fingerprint density at radius 3 is 2.42 bits per heavy atom. The molecule has 0 saturated carbocycles. The van der Waals surface area contributed by atoms with Gasteiger partial charge in [-0.25, -0.2) is 9.78 Å². The summed E-state index contributed by atoms with van der Waals surface area (Å²) in [6.45, 7) is 5.51. The van der Waals surface area contributed by atoms with Crippen LogP contribution in [-0.2, 0) is 24.2 Å². The molecule has 0 saturated heterocycles. The molecular weight excluding hydrogens is 332 g/mol. The Morgan fingerprint density at radius 2 is 1.81 bits per heavy atom. The zero-order valence-electron chi connectivity index (χ0n) is 15.4. The van der Waals surface area contributed by atoms with Gasteiger partial charge >= 0.3 is 5.69 Å². The summed E-state index contributed by atoms with van der Waals surface area (Å²) in [7, 11) is 1.62. The van der Waals surface area contributed by atoms with Crippen molar-refractivity contribution in [2.45, 2.75) is 39.8 Å². The highest BCUT2D eigenvalue weighted by atomic mass is 16.5. The molecule has 0 radical (unpaired) electrons. The summed E-state index contributed by atoms with van der Waals surface area (Å²) in [5.41, 5.74) is 2.13. The molecule has 138 valence electrons. The molecule has 3 rings (SSSR count). The van der Waals surface area contributed by atoms with Crippen LogP contribution in [-0.4, -0.2) is 32.8 Å². The fourth-order valence-electron chi connectivity index (χ4n) is 3.11. The summed E-state index contributed by atoms with van der Waals surface area (Å²) in [5, 5.41) is 0. The van der Waals surface area contributed by atoms with Crippen LogP contribution in [0.25, 0.3) is 22.6 Å². The number of rotatable bonds is 7. The smallest absolute Gasteiger partial charge is 0.330 e. The van der Waals surface area contributed by atoms with E-state index in [1.165, 1.54) is 10.1 Å². The maximum atomic E-state index is 12.5. The lowest BCUT2D eigenvalue weighted by atomic mass is 10.1. The summed E-state index contributed by atoms with van der Waals surface area (Å²) < 4.78 is 8.57. The molecule has 7 heteroatoms. The number of methoxy groups -OCH3 is 1. The van der Waals surface area contributed by atoms with Crippen LogP contribution in [0.1, 0.15) is 25.8 Å². The molecular formula is C19H24N4O3. The van der Waals surface area contributed by atoms with Crippen molar-refractivity contribution in [2.75, 3.05) is 13.7 Å². The molecule has 0 atom stereocenters. The molecule has 0 unspecified atom stereocenters. The molecule has 1 aromatic carbocycles. The average molecular weight is 356 g/mol. The molecule has 2 heterocycles. The van der Waals surface area contributed by atoms with E-state index in [9.17, 15) is 9.59 Å². The Morgan fingerprint density at radius 1 is 1.08 bits per heavy atom. The third-order valence-corrected chi connectivity index (χ3v) is 4.47. The van der Waals surface area contributed by atoms with E-state index in [1.54, 1.807) is 7.11 Å². The average Bonchev–Trinajstić information content (AvgIpc) is 3.03. The van der Waals surface area contributed by atoms with Crippen molar-refractivity contribution in [1.82, 2.24) is 19.1 Å². The van der Waals surface area contributed by atoms with Gasteiger partial charge in [0.2, 0.25) is 0 Å². The first-order chi connectivity index (χ1) is 12.6. The SMILES string of the molecule is CCCn1c(=O)[nH]c(=O)c2c1nc(-c1ccc(CC)cc1)n2CCOC. The minimum Gasteiger partial charge on any atom is -0.383 e. The molecule has 26 heavy (non-hydrogen) atoms. The van der Waals surface area contributed by atoms with Gasteiger partial charge in [0, 0.05) is 25.8 Å². The maximum Gasteiger partial charge on any atom is 0.330 e. The number of aryl methyl sites for hydroxylation is 2. The van der Waals surface area contributed by atoms with Gasteiger partial charge in [-0.15, -0.1) is 0 Å². The van der Waals surface area contributed by atoms with Gasteiger partial charge in [0.15, 0.2) is 11.2 Å². The molecule has 0 spiro atoms. The third kappa shape index (κ3) is 3.22. The van der Waals surface area contributed by atoms with E-state index in [4.69, 9.17) is 4.74 Å². The van der Waals surface area contributed by atoms with Gasteiger partial charge < -0.3 is 9.30 Å². The zero-order chi connectivity index (χ0) is 18.7. The molecule has 0 bridgehead atoms. The Labute approximate surface area is 151 Å². The highest BCUT2D eigenvalue weighted by molar-refractivity contribution is 5.77. The highest BCUT2D eigenvalue weighted by Crippen LogP contribution is 2.23. The van der Waals surface area contributed by atoms with Gasteiger partial charge in [-0.05, 0) is 18.4 Å². The van der Waals surface area contributed by atoms with E-state index in [1.807, 2.05) is 23.6 Å². The van der Waals surface area contributed by atoms with E-state index in [2.05, 4.69) is 29.0 Å². The van der Waals surface area contributed by atoms with E-state index < -0.39 is 11.2 Å². The van der Waals surface area contributed by atoms with Crippen molar-refractivity contribution in [3.05, 3.63) is 50.7 Å². The van der Waals surface area contributed by atoms with Gasteiger partial charge in [-0.2, -0.15) is 0 Å². The molecule has 0 amide bonds. The van der Waals surface area contributed by atoms with Crippen molar-refractivity contribution in [3.63, 3.8) is 0 Å². The van der Waals surface area contributed by atoms with Crippen LogP contribution >= 0.6 is 0 Å². The molecule has 7 nitrogen and oxygen atoms in total. The van der Waals surface area contributed by atoms with Crippen LogP contribution in [0.5, 0.6) is 0 Å². The lowest BCUT2D eigenvalue weighted by molar-refractivity contribution is 0.188. The van der Waals surface area contributed by atoms with Gasteiger partial charge in [0.1, 0.15) is 5.82 Å². The second-order valence-electron chi connectivity index (χ2n) is 6.21. The number of aromatic nitrogens is 4. The molecule has 0 aliphatic heterocycles. The normalized spacial score (nSPS) is 11.3. The quantitative estimate of drug-likeness (QED) is 0.703. The molecule has 0 fully saturated rings. The number of H-pyrrole nitrogens is 1. The van der Waals surface area contributed by atoms with E-state index in [0.717, 1.165) is 18.4 Å². The van der Waals surface area contributed by atoms with Crippen LogP contribution in [0.15, 0.2) is 33.9 Å². The number of hydrogen-bond acceptors (Lipinski definition) is 4. The largest absolute Gasteiger partial charge is 0.383 e. The van der Waals surface area contributed by atoms with Gasteiger partial charge in [-0.3, -0.25) is 14.3 Å². The topological polar surface area (TPSA) is 81.9 Å². The molecule has 3 aromatic rings. The molecule has 0 aliphatic rings. The van der Waals surface area contributed by atoms with Crippen LogP contribution in [0, 0.1) is 0 Å². The summed E-state index contributed by atoms with van der Waals surface area (Å²) in [5.74, 6) is 0.667. The standard InChI is InChI=1S/C19H24N4O3/c1-4-10-23-17-15(18(24)21-19(23)25)22(11-12-26-3)16(20-17)14-8-6-13(5-2)7-9-14/h6-9H,4-5,10-12H2,1-3H3,(H,21,24,25). The molecule has 0 aliphatic carbocycles. The fourth-order valence-corrected chi connectivity index (χ4v) is 3.11. The summed E-state index contributed by atoms with van der Waals surface area (Å²) >= 11 is 0. The molecule has 1 N–H and O–H groups in total. The van der Waals surface area contributed by atoms with E-state index in [-0.39, 0.29) is 0 Å². The van der Waals surface area contributed by atoms with Crippen molar-refractivity contribution < 1.29 is 4.74 Å². The lowest BCUT2D eigenvalue weighted by Crippen LogP contribution is -2.31. The fraction of sp³-hybridized carbons (Fsp3) is 0.421. The number of benzene rings is 1. The number of nitrogens with zero attached hydrogens (tertiary/aromatic N) is 3. The van der Waals surface area contributed by atoms with Crippen molar-refractivity contribution in [2.24, 2.45) is 0 Å². The number of fused-ring (bicyclic) bond motifs is 1. The van der Waals surface area contributed by atoms with Crippen molar-refractivity contribution in [1.29, 1.82) is 0 Å². The van der Waals surface area contributed by atoms with Gasteiger partial charge in [0.05, 0.1) is 6.61 Å². The van der Waals surface area contributed by atoms with Crippen molar-refractivity contribution in [3.8, 4) is 11.4 Å². The first-order valence-electron chi connectivity index (χ1n) is 8.92. The second-order valence-corrected chi connectivity index (χ2v) is 6.21. The van der Waals surface area contributed by atoms with E-state index >= 15 is 0 Å². The monoisotopic (exact) mass is 356 g/mol. The van der Waals surface area contributed by atoms with Crippen LogP contribution in [0.2, 0.25) is 0 Å². The summed E-state index contributed by atoms with van der Waals surface area (Å²) in [6, 6.07) is 8.11. The number of imidazole rings is 1. The minimum atomic E-state index is -0.423. The number of hydrogen-bond donors (Lipinski definition) is 1. The van der Waals surface area contributed by atoms with Gasteiger partial charge in [0.25, 0.3) is 5.56 Å². The number of aromatic amines is 1. The van der Waals surface area contributed by atoms with E-state index in [0.29, 0.717) is 36.7 Å². The predicted molar refractivity (Wildman–Crippen MR) is 102 cm³/mol. The molecule has 2 aromatic heterocycles. The first kappa shape index (κ1) is 18.1. The minimum absolute atomic E-state index is 0.407. The van der Waals surface area contributed by atoms with Crippen LogP contribution in [0.4, 0.5) is 0 Å². The first-order valence-corrected chi connectivity index (χ1v) is 8.92. The highest BCUT2D eigenvalue weighted by Gasteiger charge is 2.19. The van der Waals surface area contributed by atoms with Crippen LogP contribution < -0.4 is 11.2 Å². The second kappa shape index (κ2) is 7.70. The Hall–Kier alpha value is -2.67. The lowest BCUT2D eigenvalue weighted by Gasteiger charge is -2.09. The van der Waals surface area contributed by atoms with Crippen LogP contribution in [0.3, 0.4) is 0 Å². The Balaban J connectivity index is 2.29. The number of ether oxygens (including phenoxy) is 1. The summed E-state index contributed by atoms with van der Waals surface area (Å²) in [6.07, 6.45) is 1.72. The number of nitrogens with one attached hydrogen (secondary N) is 1. The third-order valence-electron chi connectivity index (χ3n) is 4.47. The zero-order valence-corrected chi connectivity index (χ0v) is 15.4. The predicted octanol–water partition coefficient (Wildman–Crippen LogP) is 2.17. The Kier molecular flexibility index (Phi) is 5.37. The summed E-state index contributed by atoms with van der Waals surface area (Å²) in [4.78, 5) is 31.8. The maximum absolute atomic E-state index is 12.5. The Bertz CT molecular complexity index is 1010.